The monoisotopic (exact) mass is 459 g/mol. The molecule has 0 radical (unpaired) electrons. The molecular weight excluding hydrogens is 418 g/mol. The number of nitrogens with zero attached hydrogens (tertiary/aromatic N) is 3. The molecule has 0 aromatic carbocycles. The third-order valence-corrected chi connectivity index (χ3v) is 7.92. The molecule has 33 heavy (non-hydrogen) atoms. The Hall–Kier alpha value is -2.14. The van der Waals surface area contributed by atoms with Crippen molar-refractivity contribution in [2.75, 3.05) is 26.7 Å². The van der Waals surface area contributed by atoms with Crippen molar-refractivity contribution in [3.8, 4) is 6.07 Å². The van der Waals surface area contributed by atoms with E-state index in [0.29, 0.717) is 31.3 Å². The van der Waals surface area contributed by atoms with E-state index in [1.165, 1.54) is 43.4 Å². The number of hydrogen-bond acceptors (Lipinski definition) is 5. The molecule has 2 unspecified atom stereocenters. The third-order valence-electron chi connectivity index (χ3n) is 7.92. The highest BCUT2D eigenvalue weighted by Crippen LogP contribution is 2.33. The number of likely N-dealkylation sites (tertiary alicyclic amines) is 1. The van der Waals surface area contributed by atoms with E-state index >= 15 is 0 Å². The molecule has 2 atom stereocenters. The molecule has 0 aromatic rings. The molecule has 1 aliphatic heterocycles. The predicted molar refractivity (Wildman–Crippen MR) is 126 cm³/mol. The van der Waals surface area contributed by atoms with E-state index < -0.39 is 17.4 Å². The fraction of sp³-hybridized carbons (Fsp3) is 0.840. The lowest BCUT2D eigenvalue weighted by Crippen LogP contribution is -2.52. The smallest absolute Gasteiger partial charge is 0.237 e. The molecule has 1 saturated heterocycles. The van der Waals surface area contributed by atoms with Gasteiger partial charge in [0.2, 0.25) is 17.7 Å². The maximum absolute atomic E-state index is 13.5. The van der Waals surface area contributed by atoms with Gasteiger partial charge in [0, 0.05) is 38.5 Å². The highest BCUT2D eigenvalue weighted by molar-refractivity contribution is 5.88. The average molecular weight is 460 g/mol. The third kappa shape index (κ3) is 7.17. The van der Waals surface area contributed by atoms with Crippen molar-refractivity contribution in [1.29, 1.82) is 5.26 Å². The minimum Gasteiger partial charge on any atom is -0.368 e. The van der Waals surface area contributed by atoms with Gasteiger partial charge >= 0.3 is 0 Å². The van der Waals surface area contributed by atoms with Crippen molar-refractivity contribution in [3.63, 3.8) is 0 Å². The molecule has 0 aromatic heterocycles. The first-order chi connectivity index (χ1) is 15.8. The molecule has 184 valence electrons. The zero-order valence-corrected chi connectivity index (χ0v) is 20.2. The van der Waals surface area contributed by atoms with Crippen molar-refractivity contribution >= 4 is 17.7 Å². The van der Waals surface area contributed by atoms with E-state index in [1.54, 1.807) is 7.05 Å². The summed E-state index contributed by atoms with van der Waals surface area (Å²) in [6, 6.07) is 2.92. The summed E-state index contributed by atoms with van der Waals surface area (Å²) in [5, 5.41) is 13.1. The molecule has 8 nitrogen and oxygen atoms in total. The fourth-order valence-corrected chi connectivity index (χ4v) is 5.95. The maximum atomic E-state index is 13.5. The SMILES string of the molecule is CN(CC(N)=O)C(=O)CC(CC1CCCCC1)C(=O)NC1(C#N)CCN(C2CCCCC2)C1. The van der Waals surface area contributed by atoms with E-state index in [1.807, 2.05) is 0 Å². The summed E-state index contributed by atoms with van der Waals surface area (Å²) in [6.07, 6.45) is 13.1. The topological polar surface area (TPSA) is 120 Å². The van der Waals surface area contributed by atoms with Crippen LogP contribution in [0.4, 0.5) is 0 Å². The maximum Gasteiger partial charge on any atom is 0.237 e. The normalized spacial score (nSPS) is 25.8. The molecule has 2 saturated carbocycles. The molecule has 0 bridgehead atoms. The van der Waals surface area contributed by atoms with Crippen molar-refractivity contribution in [1.82, 2.24) is 15.1 Å². The van der Waals surface area contributed by atoms with E-state index in [2.05, 4.69) is 16.3 Å². The number of primary amides is 1. The van der Waals surface area contributed by atoms with Crippen LogP contribution in [0.2, 0.25) is 0 Å². The molecule has 3 fully saturated rings. The van der Waals surface area contributed by atoms with Crippen LogP contribution < -0.4 is 11.1 Å². The van der Waals surface area contributed by atoms with Gasteiger partial charge in [-0.15, -0.1) is 0 Å². The zero-order valence-electron chi connectivity index (χ0n) is 20.2. The number of nitrogens with one attached hydrogen (secondary N) is 1. The summed E-state index contributed by atoms with van der Waals surface area (Å²) >= 11 is 0. The second kappa shape index (κ2) is 11.8. The van der Waals surface area contributed by atoms with Crippen molar-refractivity contribution in [3.05, 3.63) is 0 Å². The second-order valence-corrected chi connectivity index (χ2v) is 10.6. The number of rotatable bonds is 9. The van der Waals surface area contributed by atoms with Gasteiger partial charge in [-0.3, -0.25) is 19.3 Å². The number of amides is 3. The van der Waals surface area contributed by atoms with Gasteiger partial charge in [-0.25, -0.2) is 0 Å². The number of nitrogens with two attached hydrogens (primary N) is 1. The van der Waals surface area contributed by atoms with Crippen LogP contribution in [0.3, 0.4) is 0 Å². The van der Waals surface area contributed by atoms with Gasteiger partial charge in [-0.2, -0.15) is 5.26 Å². The van der Waals surface area contributed by atoms with Gasteiger partial charge in [-0.1, -0.05) is 51.4 Å². The molecule has 0 spiro atoms. The first kappa shape index (κ1) is 25.5. The summed E-state index contributed by atoms with van der Waals surface area (Å²) in [7, 11) is 1.54. The van der Waals surface area contributed by atoms with Crippen LogP contribution in [0.1, 0.15) is 83.5 Å². The minimum atomic E-state index is -0.887. The van der Waals surface area contributed by atoms with Crippen molar-refractivity contribution in [2.45, 2.75) is 95.1 Å². The average Bonchev–Trinajstić information content (AvgIpc) is 3.24. The van der Waals surface area contributed by atoms with Gasteiger partial charge in [0.15, 0.2) is 0 Å². The number of hydrogen-bond donors (Lipinski definition) is 2. The number of carbonyl (C=O) groups is 3. The minimum absolute atomic E-state index is 0.0416. The van der Waals surface area contributed by atoms with Crippen LogP contribution in [-0.2, 0) is 14.4 Å². The van der Waals surface area contributed by atoms with Gasteiger partial charge in [-0.05, 0) is 31.6 Å². The highest BCUT2D eigenvalue weighted by atomic mass is 16.2. The van der Waals surface area contributed by atoms with Crippen LogP contribution in [0.25, 0.3) is 0 Å². The van der Waals surface area contributed by atoms with Crippen LogP contribution in [0, 0.1) is 23.2 Å². The Labute approximate surface area is 198 Å². The fourth-order valence-electron chi connectivity index (χ4n) is 5.95. The molecule has 2 aliphatic carbocycles. The molecule has 3 aliphatic rings. The van der Waals surface area contributed by atoms with Gasteiger partial charge in [0.1, 0.15) is 5.54 Å². The summed E-state index contributed by atoms with van der Waals surface area (Å²) in [5.74, 6) is -1.11. The molecule has 1 heterocycles. The summed E-state index contributed by atoms with van der Waals surface area (Å²) in [4.78, 5) is 41.1. The van der Waals surface area contributed by atoms with E-state index in [4.69, 9.17) is 5.73 Å². The zero-order chi connectivity index (χ0) is 23.8. The molecular formula is C25H41N5O3. The number of nitriles is 1. The van der Waals surface area contributed by atoms with E-state index in [0.717, 1.165) is 32.2 Å². The largest absolute Gasteiger partial charge is 0.368 e. The predicted octanol–water partition coefficient (Wildman–Crippen LogP) is 2.32. The molecule has 8 heteroatoms. The number of likely N-dealkylation sites (N-methyl/N-ethyl adjacent to an activating group) is 1. The lowest BCUT2D eigenvalue weighted by molar-refractivity contribution is -0.138. The van der Waals surface area contributed by atoms with Crippen LogP contribution >= 0.6 is 0 Å². The summed E-state index contributed by atoms with van der Waals surface area (Å²) in [5.41, 5.74) is 4.35. The van der Waals surface area contributed by atoms with E-state index in [9.17, 15) is 19.6 Å². The Morgan fingerprint density at radius 1 is 1.12 bits per heavy atom. The lowest BCUT2D eigenvalue weighted by Gasteiger charge is -2.33. The van der Waals surface area contributed by atoms with Crippen LogP contribution in [0.5, 0.6) is 0 Å². The Balaban J connectivity index is 1.66. The Kier molecular flexibility index (Phi) is 9.13. The molecule has 3 rings (SSSR count). The van der Waals surface area contributed by atoms with Crippen LogP contribution in [0.15, 0.2) is 0 Å². The van der Waals surface area contributed by atoms with Gasteiger partial charge in [0.25, 0.3) is 0 Å². The van der Waals surface area contributed by atoms with Crippen molar-refractivity contribution < 1.29 is 14.4 Å². The van der Waals surface area contributed by atoms with Gasteiger partial charge in [0.05, 0.1) is 12.6 Å². The summed E-state index contributed by atoms with van der Waals surface area (Å²) in [6.45, 7) is 1.23. The summed E-state index contributed by atoms with van der Waals surface area (Å²) < 4.78 is 0. The van der Waals surface area contributed by atoms with Crippen molar-refractivity contribution in [2.24, 2.45) is 17.6 Å². The van der Waals surface area contributed by atoms with Gasteiger partial charge < -0.3 is 16.0 Å². The quantitative estimate of drug-likeness (QED) is 0.548. The Morgan fingerprint density at radius 2 is 1.76 bits per heavy atom. The standard InChI is InChI=1S/C25H41N5O3/c1-29(16-22(27)31)23(32)15-20(14-19-8-4-2-5-9-19)24(33)28-25(17-26)12-13-30(18-25)21-10-6-3-7-11-21/h19-21H,2-16,18H2,1H3,(H2,27,31)(H,28,33). The lowest BCUT2D eigenvalue weighted by atomic mass is 9.81. The highest BCUT2D eigenvalue weighted by Gasteiger charge is 2.43. The second-order valence-electron chi connectivity index (χ2n) is 10.6. The first-order valence-electron chi connectivity index (χ1n) is 12.8. The Morgan fingerprint density at radius 3 is 2.36 bits per heavy atom. The number of carbonyl (C=O) groups excluding carboxylic acids is 3. The Bertz CT molecular complexity index is 739. The first-order valence-corrected chi connectivity index (χ1v) is 12.8. The molecule has 3 amide bonds. The van der Waals surface area contributed by atoms with Crippen LogP contribution in [-0.4, -0.2) is 65.8 Å². The van der Waals surface area contributed by atoms with E-state index in [-0.39, 0.29) is 24.8 Å². The molecule has 3 N–H and O–H groups in total.